The molecule has 190 valence electrons. The van der Waals surface area contributed by atoms with Crippen molar-refractivity contribution in [2.75, 3.05) is 14.2 Å². The summed E-state index contributed by atoms with van der Waals surface area (Å²) >= 11 is 0. The van der Waals surface area contributed by atoms with E-state index in [2.05, 4.69) is 5.32 Å². The number of nitrogens with zero attached hydrogens (tertiary/aromatic N) is 2. The Hall–Kier alpha value is -4.46. The van der Waals surface area contributed by atoms with Gasteiger partial charge in [0.15, 0.2) is 0 Å². The Morgan fingerprint density at radius 1 is 1.00 bits per heavy atom. The summed E-state index contributed by atoms with van der Waals surface area (Å²) in [7, 11) is 3.16. The minimum atomic E-state index is -1.20. The van der Waals surface area contributed by atoms with Gasteiger partial charge in [0.05, 0.1) is 39.3 Å². The van der Waals surface area contributed by atoms with Crippen LogP contribution in [-0.4, -0.2) is 41.0 Å². The van der Waals surface area contributed by atoms with Crippen LogP contribution in [0.4, 0.5) is 0 Å². The van der Waals surface area contributed by atoms with Gasteiger partial charge in [0.2, 0.25) is 5.91 Å². The lowest BCUT2D eigenvalue weighted by Crippen LogP contribution is -2.63. The predicted octanol–water partition coefficient (Wildman–Crippen LogP) is 4.50. The molecule has 0 bridgehead atoms. The first kappa shape index (κ1) is 24.2. The highest BCUT2D eigenvalue weighted by atomic mass is 16.5. The van der Waals surface area contributed by atoms with Crippen LogP contribution in [0.1, 0.15) is 28.5 Å². The summed E-state index contributed by atoms with van der Waals surface area (Å²) in [6, 6.07) is 22.4. The molecule has 1 aliphatic rings. The van der Waals surface area contributed by atoms with Gasteiger partial charge in [-0.05, 0) is 55.0 Å². The summed E-state index contributed by atoms with van der Waals surface area (Å²) in [6.45, 7) is 2.57. The third kappa shape index (κ3) is 4.46. The smallest absolute Gasteiger partial charge is 0.271 e. The van der Waals surface area contributed by atoms with Gasteiger partial charge in [0.25, 0.3) is 5.91 Å². The SMILES string of the molecule is COc1ccc(OC)c(CN2C(=O)c3ccc(-c4ccco4)n3C[C@@]2(C)C(=O)NCc2ccccc2)c1. The molecule has 1 N–H and O–H groups in total. The third-order valence-corrected chi connectivity index (χ3v) is 6.88. The van der Waals surface area contributed by atoms with Crippen LogP contribution in [0.15, 0.2) is 83.5 Å². The van der Waals surface area contributed by atoms with Crippen molar-refractivity contribution in [1.82, 2.24) is 14.8 Å². The largest absolute Gasteiger partial charge is 0.497 e. The van der Waals surface area contributed by atoms with Crippen LogP contribution in [-0.2, 0) is 24.4 Å². The van der Waals surface area contributed by atoms with Crippen LogP contribution in [0, 0.1) is 0 Å². The number of methoxy groups -OCH3 is 2. The zero-order valence-corrected chi connectivity index (χ0v) is 21.1. The summed E-state index contributed by atoms with van der Waals surface area (Å²) in [5, 5.41) is 3.05. The molecule has 37 heavy (non-hydrogen) atoms. The van der Waals surface area contributed by atoms with E-state index in [1.54, 1.807) is 56.6 Å². The first-order chi connectivity index (χ1) is 17.9. The van der Waals surface area contributed by atoms with Crippen LogP contribution in [0.5, 0.6) is 11.5 Å². The zero-order chi connectivity index (χ0) is 26.0. The molecule has 1 atom stereocenters. The lowest BCUT2D eigenvalue weighted by Gasteiger charge is -2.44. The lowest BCUT2D eigenvalue weighted by atomic mass is 9.93. The van der Waals surface area contributed by atoms with Crippen molar-refractivity contribution in [2.45, 2.75) is 32.1 Å². The van der Waals surface area contributed by atoms with E-state index in [0.717, 1.165) is 16.8 Å². The number of carbonyl (C=O) groups is 2. The van der Waals surface area contributed by atoms with Gasteiger partial charge < -0.3 is 28.7 Å². The van der Waals surface area contributed by atoms with E-state index in [9.17, 15) is 9.59 Å². The fraction of sp³-hybridized carbons (Fsp3) is 0.241. The molecule has 8 heteroatoms. The maximum atomic E-state index is 14.0. The quantitative estimate of drug-likeness (QED) is 0.386. The fourth-order valence-corrected chi connectivity index (χ4v) is 4.80. The van der Waals surface area contributed by atoms with Crippen LogP contribution in [0.3, 0.4) is 0 Å². The maximum Gasteiger partial charge on any atom is 0.271 e. The van der Waals surface area contributed by atoms with E-state index in [4.69, 9.17) is 13.9 Å². The first-order valence-corrected chi connectivity index (χ1v) is 12.0. The summed E-state index contributed by atoms with van der Waals surface area (Å²) in [5.41, 5.74) is 1.74. The lowest BCUT2D eigenvalue weighted by molar-refractivity contribution is -0.133. The maximum absolute atomic E-state index is 14.0. The molecule has 3 heterocycles. The van der Waals surface area contributed by atoms with Gasteiger partial charge >= 0.3 is 0 Å². The normalized spacial score (nSPS) is 16.8. The number of benzene rings is 2. The third-order valence-electron chi connectivity index (χ3n) is 6.88. The number of ether oxygens (including phenoxy) is 2. The minimum absolute atomic E-state index is 0.162. The molecule has 0 spiro atoms. The molecule has 0 saturated carbocycles. The average molecular weight is 500 g/mol. The Kier molecular flexibility index (Phi) is 6.48. The molecule has 0 fully saturated rings. The Balaban J connectivity index is 1.55. The van der Waals surface area contributed by atoms with Crippen molar-refractivity contribution < 1.29 is 23.5 Å². The number of hydrogen-bond donors (Lipinski definition) is 1. The van der Waals surface area contributed by atoms with Gasteiger partial charge in [-0.15, -0.1) is 0 Å². The number of amides is 2. The molecule has 1 aliphatic heterocycles. The van der Waals surface area contributed by atoms with Crippen molar-refractivity contribution in [3.05, 3.63) is 95.9 Å². The molecule has 5 rings (SSSR count). The molecule has 2 amide bonds. The van der Waals surface area contributed by atoms with Crippen molar-refractivity contribution in [2.24, 2.45) is 0 Å². The highest BCUT2D eigenvalue weighted by Gasteiger charge is 2.48. The van der Waals surface area contributed by atoms with Gasteiger partial charge in [0, 0.05) is 12.1 Å². The molecule has 0 unspecified atom stereocenters. The van der Waals surface area contributed by atoms with Crippen molar-refractivity contribution in [3.63, 3.8) is 0 Å². The van der Waals surface area contributed by atoms with Crippen LogP contribution in [0.25, 0.3) is 11.5 Å². The number of fused-ring (bicyclic) bond motifs is 1. The van der Waals surface area contributed by atoms with Crippen LogP contribution in [0.2, 0.25) is 0 Å². The van der Waals surface area contributed by atoms with Crippen LogP contribution >= 0.6 is 0 Å². The number of furan rings is 1. The van der Waals surface area contributed by atoms with E-state index in [1.807, 2.05) is 53.1 Å². The van der Waals surface area contributed by atoms with Crippen LogP contribution < -0.4 is 14.8 Å². The summed E-state index contributed by atoms with van der Waals surface area (Å²) < 4.78 is 18.5. The molecule has 2 aromatic carbocycles. The Labute approximate surface area is 215 Å². The molecule has 2 aromatic heterocycles. The molecule has 8 nitrogen and oxygen atoms in total. The highest BCUT2D eigenvalue weighted by molar-refractivity contribution is 6.00. The monoisotopic (exact) mass is 499 g/mol. The van der Waals surface area contributed by atoms with E-state index in [0.29, 0.717) is 29.5 Å². The van der Waals surface area contributed by atoms with Gasteiger partial charge in [-0.25, -0.2) is 0 Å². The van der Waals surface area contributed by atoms with Gasteiger partial charge in [-0.2, -0.15) is 0 Å². The summed E-state index contributed by atoms with van der Waals surface area (Å²) in [4.78, 5) is 29.4. The topological polar surface area (TPSA) is 85.9 Å². The second kappa shape index (κ2) is 9.89. The number of rotatable bonds is 8. The average Bonchev–Trinajstić information content (AvgIpc) is 3.60. The van der Waals surface area contributed by atoms with Crippen molar-refractivity contribution in [1.29, 1.82) is 0 Å². The molecular formula is C29H29N3O5. The van der Waals surface area contributed by atoms with Gasteiger partial charge in [-0.3, -0.25) is 9.59 Å². The van der Waals surface area contributed by atoms with Crippen molar-refractivity contribution >= 4 is 11.8 Å². The summed E-state index contributed by atoms with van der Waals surface area (Å²) in [6.07, 6.45) is 1.59. The molecule has 0 saturated heterocycles. The molecular weight excluding hydrogens is 470 g/mol. The Morgan fingerprint density at radius 2 is 1.78 bits per heavy atom. The molecule has 0 radical (unpaired) electrons. The summed E-state index contributed by atoms with van der Waals surface area (Å²) in [5.74, 6) is 1.37. The minimum Gasteiger partial charge on any atom is -0.497 e. The Bertz CT molecular complexity index is 1410. The molecule has 0 aliphatic carbocycles. The van der Waals surface area contributed by atoms with Gasteiger partial charge in [-0.1, -0.05) is 30.3 Å². The zero-order valence-electron chi connectivity index (χ0n) is 21.1. The van der Waals surface area contributed by atoms with Gasteiger partial charge in [0.1, 0.15) is 28.5 Å². The van der Waals surface area contributed by atoms with E-state index < -0.39 is 5.54 Å². The standard InChI is InChI=1S/C29H29N3O5/c1-29(28(34)30-17-20-8-5-4-6-9-20)19-31-23(26-10-7-15-37-26)12-13-24(31)27(33)32(29)18-21-16-22(35-2)11-14-25(21)36-3/h4-16H,17-19H2,1-3H3,(H,30,34)/t29-/m0/s1. The number of aromatic nitrogens is 1. The highest BCUT2D eigenvalue weighted by Crippen LogP contribution is 2.36. The Morgan fingerprint density at radius 3 is 2.49 bits per heavy atom. The number of nitrogens with one attached hydrogen (secondary N) is 1. The fourth-order valence-electron chi connectivity index (χ4n) is 4.80. The molecule has 4 aromatic rings. The van der Waals surface area contributed by atoms with E-state index in [-0.39, 0.29) is 24.9 Å². The second-order valence-corrected chi connectivity index (χ2v) is 9.18. The number of hydrogen-bond acceptors (Lipinski definition) is 5. The predicted molar refractivity (Wildman–Crippen MR) is 138 cm³/mol. The van der Waals surface area contributed by atoms with Crippen molar-refractivity contribution in [3.8, 4) is 23.0 Å². The van der Waals surface area contributed by atoms with E-state index >= 15 is 0 Å². The second-order valence-electron chi connectivity index (χ2n) is 9.18. The first-order valence-electron chi connectivity index (χ1n) is 12.0. The van der Waals surface area contributed by atoms with E-state index in [1.165, 1.54) is 0 Å². The number of carbonyl (C=O) groups excluding carboxylic acids is 2.